The number of hydrogen-bond acceptors (Lipinski definition) is 11. The zero-order chi connectivity index (χ0) is 29.1. The Bertz CT molecular complexity index is 1390. The second-order valence-electron chi connectivity index (χ2n) is 9.76. The van der Waals surface area contributed by atoms with Crippen molar-refractivity contribution in [2.24, 2.45) is 0 Å². The van der Waals surface area contributed by atoms with E-state index in [9.17, 15) is 19.8 Å². The third-order valence-electron chi connectivity index (χ3n) is 6.50. The van der Waals surface area contributed by atoms with E-state index in [4.69, 9.17) is 14.2 Å². The van der Waals surface area contributed by atoms with E-state index in [1.165, 1.54) is 25.9 Å². The van der Waals surface area contributed by atoms with Crippen LogP contribution in [0, 0.1) is 0 Å². The summed E-state index contributed by atoms with van der Waals surface area (Å²) in [5, 5.41) is 35.8. The first-order valence-corrected chi connectivity index (χ1v) is 12.5. The second-order valence-corrected chi connectivity index (χ2v) is 9.76. The molecule has 0 aliphatic carbocycles. The molecule has 13 heteroatoms. The second kappa shape index (κ2) is 11.3. The van der Waals surface area contributed by atoms with Gasteiger partial charge in [0.25, 0.3) is 0 Å². The van der Waals surface area contributed by atoms with Gasteiger partial charge in [0.05, 0.1) is 18.9 Å². The fourth-order valence-electron chi connectivity index (χ4n) is 4.95. The largest absolute Gasteiger partial charge is 0.509 e. The minimum atomic E-state index is -1.63. The Hall–Kier alpha value is -4.49. The average molecular weight is 553 g/mol. The molecule has 1 unspecified atom stereocenters. The van der Waals surface area contributed by atoms with Crippen LogP contribution in [0.4, 0.5) is 10.5 Å². The summed E-state index contributed by atoms with van der Waals surface area (Å²) in [6.45, 7) is 6.04. The van der Waals surface area contributed by atoms with Crippen LogP contribution in [0.1, 0.15) is 27.7 Å². The lowest BCUT2D eigenvalue weighted by Gasteiger charge is -2.44. The molecule has 4 rings (SSSR count). The number of H-pyrrole nitrogens is 1. The summed E-state index contributed by atoms with van der Waals surface area (Å²) in [6.07, 6.45) is -0.919. The fraction of sp³-hybridized carbons (Fsp3) is 0.370. The van der Waals surface area contributed by atoms with Crippen molar-refractivity contribution in [1.29, 1.82) is 0 Å². The van der Waals surface area contributed by atoms with E-state index in [0.717, 1.165) is 16.7 Å². The van der Waals surface area contributed by atoms with Crippen LogP contribution >= 0.6 is 0 Å². The predicted molar refractivity (Wildman–Crippen MR) is 144 cm³/mol. The van der Waals surface area contributed by atoms with Gasteiger partial charge in [-0.1, -0.05) is 36.4 Å². The Balaban J connectivity index is 1.82. The van der Waals surface area contributed by atoms with Gasteiger partial charge in [0.2, 0.25) is 5.82 Å². The summed E-state index contributed by atoms with van der Waals surface area (Å²) in [5.41, 5.74) is 0.00274. The van der Waals surface area contributed by atoms with Crippen molar-refractivity contribution >= 4 is 17.8 Å². The fourth-order valence-corrected chi connectivity index (χ4v) is 4.95. The van der Waals surface area contributed by atoms with Gasteiger partial charge in [-0.25, -0.2) is 9.59 Å². The van der Waals surface area contributed by atoms with Crippen LogP contribution in [0.25, 0.3) is 22.5 Å². The van der Waals surface area contributed by atoms with E-state index in [1.54, 1.807) is 30.9 Å². The van der Waals surface area contributed by atoms with E-state index in [0.29, 0.717) is 11.5 Å². The molecule has 1 aliphatic heterocycles. The molecular weight excluding hydrogens is 520 g/mol. The Morgan fingerprint density at radius 2 is 1.75 bits per heavy atom. The quantitative estimate of drug-likeness (QED) is 0.315. The molecule has 0 saturated heterocycles. The third-order valence-corrected chi connectivity index (χ3v) is 6.50. The van der Waals surface area contributed by atoms with Gasteiger partial charge in [-0.2, -0.15) is 5.21 Å². The van der Waals surface area contributed by atoms with Crippen molar-refractivity contribution in [3.8, 4) is 22.5 Å². The third kappa shape index (κ3) is 5.33. The molecule has 0 bridgehead atoms. The highest BCUT2D eigenvalue weighted by Crippen LogP contribution is 2.45. The zero-order valence-corrected chi connectivity index (χ0v) is 22.9. The van der Waals surface area contributed by atoms with Gasteiger partial charge in [-0.05, 0) is 56.2 Å². The number of hydrogen-bond donors (Lipinski definition) is 3. The summed E-state index contributed by atoms with van der Waals surface area (Å²) in [6, 6.07) is 14.8. The van der Waals surface area contributed by atoms with Crippen molar-refractivity contribution < 1.29 is 34.0 Å². The van der Waals surface area contributed by atoms with E-state index in [-0.39, 0.29) is 31.3 Å². The monoisotopic (exact) mass is 552 g/mol. The summed E-state index contributed by atoms with van der Waals surface area (Å²) in [4.78, 5) is 27.9. The normalized spacial score (nSPS) is 17.4. The first-order chi connectivity index (χ1) is 19.0. The number of aliphatic hydroxyl groups is 1. The SMILES string of the molecule is CCOC(=O)OCN1C(C(C)(C)O)=C(C(=O)O)N(c2ccc(-c3ccccc3-c3nn[nH]n3)cc2)C1(C)COC. The van der Waals surface area contributed by atoms with Gasteiger partial charge >= 0.3 is 12.1 Å². The van der Waals surface area contributed by atoms with Gasteiger partial charge < -0.3 is 34.2 Å². The number of carbonyl (C=O) groups excluding carboxylic acids is 1. The molecule has 0 fully saturated rings. The lowest BCUT2D eigenvalue weighted by atomic mass is 9.98. The van der Waals surface area contributed by atoms with Crippen molar-refractivity contribution in [2.45, 2.75) is 39.0 Å². The zero-order valence-electron chi connectivity index (χ0n) is 22.9. The minimum absolute atomic E-state index is 0.00203. The minimum Gasteiger partial charge on any atom is -0.477 e. The van der Waals surface area contributed by atoms with Crippen LogP contribution in [0.2, 0.25) is 0 Å². The number of benzene rings is 2. The molecule has 1 aromatic heterocycles. The molecule has 0 radical (unpaired) electrons. The summed E-state index contributed by atoms with van der Waals surface area (Å²) < 4.78 is 15.7. The number of ether oxygens (including phenoxy) is 3. The van der Waals surface area contributed by atoms with Crippen molar-refractivity contribution in [1.82, 2.24) is 25.5 Å². The molecule has 0 amide bonds. The molecule has 2 heterocycles. The van der Waals surface area contributed by atoms with E-state index < -0.39 is 23.4 Å². The van der Waals surface area contributed by atoms with Crippen molar-refractivity contribution in [3.05, 3.63) is 59.9 Å². The topological polar surface area (TPSA) is 163 Å². The maximum absolute atomic E-state index is 12.8. The molecule has 1 aliphatic rings. The first-order valence-electron chi connectivity index (χ1n) is 12.5. The van der Waals surface area contributed by atoms with Crippen LogP contribution in [-0.2, 0) is 19.0 Å². The Morgan fingerprint density at radius 1 is 1.07 bits per heavy atom. The molecule has 212 valence electrons. The number of nitrogens with zero attached hydrogens (tertiary/aromatic N) is 5. The van der Waals surface area contributed by atoms with Crippen LogP contribution < -0.4 is 4.90 Å². The molecule has 40 heavy (non-hydrogen) atoms. The van der Waals surface area contributed by atoms with Crippen LogP contribution in [0.15, 0.2) is 59.9 Å². The first kappa shape index (κ1) is 28.5. The van der Waals surface area contributed by atoms with Gasteiger partial charge in [-0.3, -0.25) is 0 Å². The summed E-state index contributed by atoms with van der Waals surface area (Å²) >= 11 is 0. The number of methoxy groups -OCH3 is 1. The summed E-state index contributed by atoms with van der Waals surface area (Å²) in [5.74, 6) is -0.834. The molecule has 0 saturated carbocycles. The number of nitrogens with one attached hydrogen (secondary N) is 1. The molecule has 3 aromatic rings. The standard InChI is InChI=1S/C27H32N6O7/c1-6-39-25(36)40-16-32-22(26(2,3)37)21(24(34)35)33(27(32,4)15-38-5)18-13-11-17(12-14-18)19-9-7-8-10-20(19)23-28-30-31-29-23/h7-14,37H,6,15-16H2,1-5H3,(H,34,35)(H,28,29,30,31). The Kier molecular flexibility index (Phi) is 8.07. The maximum atomic E-state index is 12.8. The highest BCUT2D eigenvalue weighted by atomic mass is 16.7. The van der Waals surface area contributed by atoms with Gasteiger partial charge in [0, 0.05) is 18.4 Å². The van der Waals surface area contributed by atoms with Gasteiger partial charge in [0.15, 0.2) is 12.4 Å². The lowest BCUT2D eigenvalue weighted by molar-refractivity contribution is -0.133. The van der Waals surface area contributed by atoms with E-state index >= 15 is 0 Å². The number of aliphatic carboxylic acids is 1. The van der Waals surface area contributed by atoms with Gasteiger partial charge in [0.1, 0.15) is 11.3 Å². The molecule has 2 aromatic carbocycles. The maximum Gasteiger partial charge on any atom is 0.509 e. The molecular formula is C27H32N6O7. The number of aromatic amines is 1. The molecule has 3 N–H and O–H groups in total. The van der Waals surface area contributed by atoms with Crippen LogP contribution in [-0.4, -0.2) is 86.2 Å². The van der Waals surface area contributed by atoms with Gasteiger partial charge in [-0.15, -0.1) is 10.2 Å². The molecule has 1 atom stereocenters. The number of rotatable bonds is 10. The Morgan fingerprint density at radius 3 is 2.30 bits per heavy atom. The molecule has 0 spiro atoms. The number of carboxylic acid groups (broad SMARTS) is 1. The smallest absolute Gasteiger partial charge is 0.477 e. The van der Waals surface area contributed by atoms with Crippen LogP contribution in [0.3, 0.4) is 0 Å². The summed E-state index contributed by atoms with van der Waals surface area (Å²) in [7, 11) is 1.48. The molecule has 13 nitrogen and oxygen atoms in total. The van der Waals surface area contributed by atoms with Crippen LogP contribution in [0.5, 0.6) is 0 Å². The average Bonchev–Trinajstić information content (AvgIpc) is 3.53. The van der Waals surface area contributed by atoms with E-state index in [1.807, 2.05) is 36.4 Å². The van der Waals surface area contributed by atoms with E-state index in [2.05, 4.69) is 20.6 Å². The Labute approximate surface area is 231 Å². The van der Waals surface area contributed by atoms with Crippen molar-refractivity contribution in [3.63, 3.8) is 0 Å². The number of carbonyl (C=O) groups is 2. The predicted octanol–water partition coefficient (Wildman–Crippen LogP) is 3.22. The number of tetrazole rings is 1. The highest BCUT2D eigenvalue weighted by molar-refractivity contribution is 5.94. The number of carboxylic acids is 1. The lowest BCUT2D eigenvalue weighted by Crippen LogP contribution is -2.58. The van der Waals surface area contributed by atoms with Crippen molar-refractivity contribution in [2.75, 3.05) is 32.0 Å². The number of aromatic nitrogens is 4. The number of anilines is 1. The highest BCUT2D eigenvalue weighted by Gasteiger charge is 2.54.